The predicted octanol–water partition coefficient (Wildman–Crippen LogP) is 2.96. The van der Waals surface area contributed by atoms with Gasteiger partial charge < -0.3 is 15.4 Å². The van der Waals surface area contributed by atoms with Crippen LogP contribution in [-0.2, 0) is 11.4 Å². The van der Waals surface area contributed by atoms with Crippen LogP contribution in [0.3, 0.4) is 0 Å². The van der Waals surface area contributed by atoms with Crippen LogP contribution in [0, 0.1) is 0 Å². The van der Waals surface area contributed by atoms with Crippen LogP contribution in [0.25, 0.3) is 0 Å². The molecule has 3 N–H and O–H groups in total. The van der Waals surface area contributed by atoms with Crippen LogP contribution in [0.15, 0.2) is 42.6 Å². The van der Waals surface area contributed by atoms with Crippen LogP contribution < -0.4 is 20.7 Å². The van der Waals surface area contributed by atoms with E-state index in [4.69, 9.17) is 16.3 Å². The van der Waals surface area contributed by atoms with E-state index in [9.17, 15) is 9.59 Å². The highest BCUT2D eigenvalue weighted by Crippen LogP contribution is 2.28. The molecule has 1 aromatic heterocycles. The van der Waals surface area contributed by atoms with Gasteiger partial charge in [-0.1, -0.05) is 17.7 Å². The number of carbonyl (C=O) groups excluding carboxylic acids is 2. The lowest BCUT2D eigenvalue weighted by Gasteiger charge is -2.16. The number of hydrogen-bond acceptors (Lipinski definition) is 5. The number of nitrogens with zero attached hydrogens (tertiary/aromatic N) is 1. The zero-order chi connectivity index (χ0) is 18.9. The molecule has 8 heteroatoms. The van der Waals surface area contributed by atoms with Crippen molar-refractivity contribution in [2.24, 2.45) is 0 Å². The molecule has 1 aromatic carbocycles. The Balaban J connectivity index is 1.91. The van der Waals surface area contributed by atoms with Crippen molar-refractivity contribution >= 4 is 29.2 Å². The summed E-state index contributed by atoms with van der Waals surface area (Å²) in [6.45, 7) is 4.16. The standard InChI is InChI=1S/C18H21ClN4O3/c1-3-20-18(25)23-17(24)12(2)22-13-7-8-16(15(19)10-13)26-11-14-6-4-5-9-21-14/h4-10,12,22H,3,11H2,1-2H3,(H2,20,23,24,25). The predicted molar refractivity (Wildman–Crippen MR) is 100 cm³/mol. The minimum absolute atomic E-state index is 0.304. The third-order valence-electron chi connectivity index (χ3n) is 3.38. The van der Waals surface area contributed by atoms with Crippen molar-refractivity contribution in [1.29, 1.82) is 0 Å². The number of hydrogen-bond donors (Lipinski definition) is 3. The summed E-state index contributed by atoms with van der Waals surface area (Å²) in [5, 5.41) is 8.14. The molecule has 0 fully saturated rings. The number of rotatable bonds is 7. The lowest BCUT2D eigenvalue weighted by molar-refractivity contribution is -0.120. The molecule has 2 aromatic rings. The van der Waals surface area contributed by atoms with Crippen LogP contribution in [0.1, 0.15) is 19.5 Å². The Bertz CT molecular complexity index is 755. The minimum atomic E-state index is -0.617. The maximum Gasteiger partial charge on any atom is 0.321 e. The first-order chi connectivity index (χ1) is 12.5. The van der Waals surface area contributed by atoms with Crippen molar-refractivity contribution in [1.82, 2.24) is 15.6 Å². The van der Waals surface area contributed by atoms with E-state index in [1.807, 2.05) is 18.2 Å². The first kappa shape index (κ1) is 19.5. The zero-order valence-corrected chi connectivity index (χ0v) is 15.3. The van der Waals surface area contributed by atoms with Gasteiger partial charge in [-0.25, -0.2) is 4.79 Å². The number of pyridine rings is 1. The largest absolute Gasteiger partial charge is 0.486 e. The molecular formula is C18H21ClN4O3. The normalized spacial score (nSPS) is 11.3. The highest BCUT2D eigenvalue weighted by molar-refractivity contribution is 6.32. The molecule has 2 rings (SSSR count). The third-order valence-corrected chi connectivity index (χ3v) is 3.68. The molecule has 26 heavy (non-hydrogen) atoms. The summed E-state index contributed by atoms with van der Waals surface area (Å²) in [7, 11) is 0. The molecular weight excluding hydrogens is 356 g/mol. The number of benzene rings is 1. The molecule has 0 aliphatic carbocycles. The van der Waals surface area contributed by atoms with E-state index in [1.54, 1.807) is 38.2 Å². The van der Waals surface area contributed by atoms with Crippen LogP contribution in [0.2, 0.25) is 5.02 Å². The number of halogens is 1. The van der Waals surface area contributed by atoms with Crippen LogP contribution >= 0.6 is 11.6 Å². The topological polar surface area (TPSA) is 92.4 Å². The minimum Gasteiger partial charge on any atom is -0.486 e. The summed E-state index contributed by atoms with van der Waals surface area (Å²) in [5.41, 5.74) is 1.43. The third kappa shape index (κ3) is 5.93. The van der Waals surface area contributed by atoms with Gasteiger partial charge in [0.15, 0.2) is 0 Å². The maximum absolute atomic E-state index is 11.9. The van der Waals surface area contributed by atoms with Crippen molar-refractivity contribution in [3.05, 3.63) is 53.3 Å². The van der Waals surface area contributed by atoms with Crippen LogP contribution in [0.4, 0.5) is 10.5 Å². The second kappa shape index (κ2) is 9.62. The van der Waals surface area contributed by atoms with Crippen molar-refractivity contribution in [2.75, 3.05) is 11.9 Å². The summed E-state index contributed by atoms with van der Waals surface area (Å²) in [6, 6.07) is 9.55. The number of nitrogens with one attached hydrogen (secondary N) is 3. The fourth-order valence-electron chi connectivity index (χ4n) is 2.08. The lowest BCUT2D eigenvalue weighted by Crippen LogP contribution is -2.45. The Morgan fingerprint density at radius 1 is 1.27 bits per heavy atom. The highest BCUT2D eigenvalue weighted by atomic mass is 35.5. The summed E-state index contributed by atoms with van der Waals surface area (Å²) in [6.07, 6.45) is 1.69. The van der Waals surface area contributed by atoms with E-state index in [0.29, 0.717) is 29.6 Å². The fraction of sp³-hybridized carbons (Fsp3) is 0.278. The lowest BCUT2D eigenvalue weighted by atomic mass is 10.2. The van der Waals surface area contributed by atoms with Gasteiger partial charge in [-0.3, -0.25) is 15.1 Å². The maximum atomic E-state index is 11.9. The monoisotopic (exact) mass is 376 g/mol. The number of imide groups is 1. The van der Waals surface area contributed by atoms with Crippen molar-refractivity contribution < 1.29 is 14.3 Å². The number of aromatic nitrogens is 1. The van der Waals surface area contributed by atoms with E-state index in [2.05, 4.69) is 20.9 Å². The van der Waals surface area contributed by atoms with E-state index in [0.717, 1.165) is 5.69 Å². The van der Waals surface area contributed by atoms with Gasteiger partial charge in [0.1, 0.15) is 18.4 Å². The Morgan fingerprint density at radius 3 is 2.73 bits per heavy atom. The van der Waals surface area contributed by atoms with Gasteiger partial charge in [0.05, 0.1) is 10.7 Å². The van der Waals surface area contributed by atoms with Gasteiger partial charge >= 0.3 is 6.03 Å². The van der Waals surface area contributed by atoms with Gasteiger partial charge in [0.2, 0.25) is 5.91 Å². The Hall–Kier alpha value is -2.80. The SMILES string of the molecule is CCNC(=O)NC(=O)C(C)Nc1ccc(OCc2ccccn2)c(Cl)c1. The van der Waals surface area contributed by atoms with Gasteiger partial charge in [-0.2, -0.15) is 0 Å². The second-order valence-corrected chi connectivity index (χ2v) is 5.88. The number of amides is 3. The quantitative estimate of drug-likeness (QED) is 0.691. The zero-order valence-electron chi connectivity index (χ0n) is 14.6. The van der Waals surface area contributed by atoms with Gasteiger partial charge in [0.25, 0.3) is 0 Å². The van der Waals surface area contributed by atoms with Crippen LogP contribution in [0.5, 0.6) is 5.75 Å². The molecule has 0 bridgehead atoms. The molecule has 0 spiro atoms. The van der Waals surface area contributed by atoms with Crippen LogP contribution in [-0.4, -0.2) is 29.5 Å². The molecule has 3 amide bonds. The molecule has 1 unspecified atom stereocenters. The molecule has 1 heterocycles. The summed E-state index contributed by atoms with van der Waals surface area (Å²) < 4.78 is 5.66. The molecule has 0 saturated heterocycles. The molecule has 0 aliphatic rings. The van der Waals surface area contributed by atoms with Crippen molar-refractivity contribution in [3.63, 3.8) is 0 Å². The average Bonchev–Trinajstić information content (AvgIpc) is 2.62. The Kier molecular flexibility index (Phi) is 7.23. The van der Waals surface area contributed by atoms with E-state index in [1.165, 1.54) is 0 Å². The van der Waals surface area contributed by atoms with Gasteiger partial charge in [-0.05, 0) is 44.2 Å². The Labute approximate surface area is 157 Å². The molecule has 0 aliphatic heterocycles. The Morgan fingerprint density at radius 2 is 2.08 bits per heavy atom. The smallest absolute Gasteiger partial charge is 0.321 e. The van der Waals surface area contributed by atoms with Crippen molar-refractivity contribution in [3.8, 4) is 5.75 Å². The summed E-state index contributed by atoms with van der Waals surface area (Å²) in [5.74, 6) is 0.0739. The van der Waals surface area contributed by atoms with E-state index in [-0.39, 0.29) is 0 Å². The molecule has 7 nitrogen and oxygen atoms in total. The average molecular weight is 377 g/mol. The van der Waals surface area contributed by atoms with E-state index < -0.39 is 18.0 Å². The number of carbonyl (C=O) groups is 2. The summed E-state index contributed by atoms with van der Waals surface area (Å²) in [4.78, 5) is 27.5. The van der Waals surface area contributed by atoms with Crippen molar-refractivity contribution in [2.45, 2.75) is 26.5 Å². The molecule has 138 valence electrons. The van der Waals surface area contributed by atoms with Gasteiger partial charge in [0, 0.05) is 18.4 Å². The molecule has 1 atom stereocenters. The fourth-order valence-corrected chi connectivity index (χ4v) is 2.32. The van der Waals surface area contributed by atoms with Gasteiger partial charge in [-0.15, -0.1) is 0 Å². The first-order valence-electron chi connectivity index (χ1n) is 8.17. The van der Waals surface area contributed by atoms with E-state index >= 15 is 0 Å². The summed E-state index contributed by atoms with van der Waals surface area (Å²) >= 11 is 6.23. The highest BCUT2D eigenvalue weighted by Gasteiger charge is 2.15. The number of anilines is 1. The molecule has 0 radical (unpaired) electrons. The number of urea groups is 1. The molecule has 0 saturated carbocycles. The number of ether oxygens (including phenoxy) is 1. The first-order valence-corrected chi connectivity index (χ1v) is 8.55. The second-order valence-electron chi connectivity index (χ2n) is 5.47.